The number of rotatable bonds is 6. The van der Waals surface area contributed by atoms with E-state index in [4.69, 9.17) is 0 Å². The second-order valence-corrected chi connectivity index (χ2v) is 9.69. The molecule has 13 heteroatoms. The Morgan fingerprint density at radius 2 is 1.65 bits per heavy atom. The molecule has 0 atom stereocenters. The lowest BCUT2D eigenvalue weighted by molar-refractivity contribution is -0.391. The van der Waals surface area contributed by atoms with E-state index in [9.17, 15) is 30.8 Å². The lowest BCUT2D eigenvalue weighted by Gasteiger charge is -2.32. The van der Waals surface area contributed by atoms with Crippen LogP contribution in [0.4, 0.5) is 23.2 Å². The lowest BCUT2D eigenvalue weighted by Crippen LogP contribution is -2.52. The van der Waals surface area contributed by atoms with Crippen LogP contribution in [0.25, 0.3) is 0 Å². The molecule has 1 aromatic rings. The van der Waals surface area contributed by atoms with E-state index in [0.29, 0.717) is 25.7 Å². The predicted octanol–water partition coefficient (Wildman–Crippen LogP) is 2.93. The molecule has 1 aromatic carbocycles. The summed E-state index contributed by atoms with van der Waals surface area (Å²) in [4.78, 5) is 12.3. The highest BCUT2D eigenvalue weighted by Crippen LogP contribution is 2.47. The molecule has 0 saturated heterocycles. The first kappa shape index (κ1) is 23.5. The SMILES string of the molecule is CN(C)S(=O)(=O)NC1CCC(CC(=O)Nc2ccc3c(c2)OC(F)(F)C(F)(F)O3)CC1. The summed E-state index contributed by atoms with van der Waals surface area (Å²) in [6, 6.07) is 3.04. The zero-order chi connectivity index (χ0) is 23.0. The Kier molecular flexibility index (Phi) is 6.40. The molecule has 1 heterocycles. The summed E-state index contributed by atoms with van der Waals surface area (Å²) in [6.07, 6.45) is -7.06. The number of carbonyl (C=O) groups excluding carboxylic acids is 1. The second-order valence-electron chi connectivity index (χ2n) is 7.77. The number of nitrogens with one attached hydrogen (secondary N) is 2. The van der Waals surface area contributed by atoms with Gasteiger partial charge in [-0.15, -0.1) is 0 Å². The fraction of sp³-hybridized carbons (Fsp3) is 0.611. The minimum atomic E-state index is -4.84. The van der Waals surface area contributed by atoms with Crippen LogP contribution in [0.15, 0.2) is 18.2 Å². The monoisotopic (exact) mass is 469 g/mol. The topological polar surface area (TPSA) is 97.0 Å². The van der Waals surface area contributed by atoms with Crippen LogP contribution in [0.5, 0.6) is 11.5 Å². The number of nitrogens with zero attached hydrogens (tertiary/aromatic N) is 1. The largest absolute Gasteiger partial charge is 0.507 e. The molecular weight excluding hydrogens is 446 g/mol. The van der Waals surface area contributed by atoms with Gasteiger partial charge in [0.15, 0.2) is 11.5 Å². The molecule has 174 valence electrons. The lowest BCUT2D eigenvalue weighted by atomic mass is 9.84. The third kappa shape index (κ3) is 5.39. The molecule has 0 aromatic heterocycles. The van der Waals surface area contributed by atoms with Crippen LogP contribution in [0.3, 0.4) is 0 Å². The van der Waals surface area contributed by atoms with Crippen molar-refractivity contribution in [1.29, 1.82) is 0 Å². The zero-order valence-corrected chi connectivity index (χ0v) is 17.6. The Morgan fingerprint density at radius 3 is 2.23 bits per heavy atom. The van der Waals surface area contributed by atoms with Crippen molar-refractivity contribution in [3.63, 3.8) is 0 Å². The Morgan fingerprint density at radius 1 is 1.06 bits per heavy atom. The summed E-state index contributed by atoms with van der Waals surface area (Å²) in [7, 11) is -0.654. The number of fused-ring (bicyclic) bond motifs is 1. The number of carbonyl (C=O) groups is 1. The van der Waals surface area contributed by atoms with Crippen LogP contribution >= 0.6 is 0 Å². The highest BCUT2D eigenvalue weighted by molar-refractivity contribution is 7.87. The van der Waals surface area contributed by atoms with Gasteiger partial charge in [-0.3, -0.25) is 4.79 Å². The number of hydrogen-bond acceptors (Lipinski definition) is 5. The van der Waals surface area contributed by atoms with Gasteiger partial charge in [0.1, 0.15) is 0 Å². The van der Waals surface area contributed by atoms with Crippen molar-refractivity contribution in [2.45, 2.75) is 50.4 Å². The molecule has 0 unspecified atom stereocenters. The molecule has 1 saturated carbocycles. The molecule has 0 spiro atoms. The maximum atomic E-state index is 13.3. The first-order chi connectivity index (χ1) is 14.3. The number of ether oxygens (including phenoxy) is 2. The molecule has 1 fully saturated rings. The van der Waals surface area contributed by atoms with Gasteiger partial charge < -0.3 is 14.8 Å². The fourth-order valence-electron chi connectivity index (χ4n) is 3.42. The van der Waals surface area contributed by atoms with Gasteiger partial charge >= 0.3 is 12.2 Å². The molecule has 1 aliphatic carbocycles. The Labute approximate surface area is 177 Å². The first-order valence-electron chi connectivity index (χ1n) is 9.56. The predicted molar refractivity (Wildman–Crippen MR) is 102 cm³/mol. The summed E-state index contributed by atoms with van der Waals surface area (Å²) >= 11 is 0. The van der Waals surface area contributed by atoms with Crippen LogP contribution in [0.1, 0.15) is 32.1 Å². The normalized spacial score (nSPS) is 24.6. The zero-order valence-electron chi connectivity index (χ0n) is 16.8. The van der Waals surface area contributed by atoms with Gasteiger partial charge in [0.05, 0.1) is 0 Å². The highest BCUT2D eigenvalue weighted by Gasteiger charge is 2.65. The molecular formula is C18H23F4N3O5S. The van der Waals surface area contributed by atoms with Crippen molar-refractivity contribution >= 4 is 21.8 Å². The first-order valence-corrected chi connectivity index (χ1v) is 11.0. The molecule has 31 heavy (non-hydrogen) atoms. The quantitative estimate of drug-likeness (QED) is 0.625. The van der Waals surface area contributed by atoms with Crippen molar-refractivity contribution in [2.24, 2.45) is 5.92 Å². The third-order valence-electron chi connectivity index (χ3n) is 5.16. The van der Waals surface area contributed by atoms with Gasteiger partial charge in [-0.25, -0.2) is 0 Å². The minimum Gasteiger partial charge on any atom is -0.421 e. The van der Waals surface area contributed by atoms with E-state index < -0.39 is 33.9 Å². The van der Waals surface area contributed by atoms with E-state index in [1.54, 1.807) is 0 Å². The molecule has 0 bridgehead atoms. The van der Waals surface area contributed by atoms with Crippen molar-refractivity contribution in [1.82, 2.24) is 9.03 Å². The van der Waals surface area contributed by atoms with Crippen LogP contribution in [-0.4, -0.2) is 51.0 Å². The van der Waals surface area contributed by atoms with E-state index in [0.717, 1.165) is 16.4 Å². The van der Waals surface area contributed by atoms with E-state index in [-0.39, 0.29) is 30.0 Å². The van der Waals surface area contributed by atoms with Crippen molar-refractivity contribution in [2.75, 3.05) is 19.4 Å². The molecule has 0 radical (unpaired) electrons. The molecule has 2 aliphatic rings. The standard InChI is InChI=1S/C18H23F4N3O5S/c1-25(2)31(27,28)24-12-5-3-11(4-6-12)9-16(26)23-13-7-8-14-15(10-13)30-18(21,22)17(19,20)29-14/h7-8,10-12,24H,3-6,9H2,1-2H3,(H,23,26). The Hall–Kier alpha value is -2.12. The average Bonchev–Trinajstić information content (AvgIpc) is 2.63. The van der Waals surface area contributed by atoms with Crippen LogP contribution in [0.2, 0.25) is 0 Å². The van der Waals surface area contributed by atoms with E-state index in [1.807, 2.05) is 0 Å². The van der Waals surface area contributed by atoms with Crippen molar-refractivity contribution in [3.8, 4) is 11.5 Å². The van der Waals surface area contributed by atoms with Crippen molar-refractivity contribution < 1.29 is 40.2 Å². The van der Waals surface area contributed by atoms with Gasteiger partial charge in [0, 0.05) is 38.3 Å². The number of hydrogen-bond donors (Lipinski definition) is 2. The molecule has 8 nitrogen and oxygen atoms in total. The summed E-state index contributed by atoms with van der Waals surface area (Å²) < 4.78 is 88.5. The molecule has 2 N–H and O–H groups in total. The van der Waals surface area contributed by atoms with Gasteiger partial charge in [-0.05, 0) is 43.7 Å². The van der Waals surface area contributed by atoms with E-state index >= 15 is 0 Å². The maximum absolute atomic E-state index is 13.3. The molecule has 1 amide bonds. The average molecular weight is 469 g/mol. The van der Waals surface area contributed by atoms with Gasteiger partial charge in [0.2, 0.25) is 5.91 Å². The van der Waals surface area contributed by atoms with Gasteiger partial charge in [-0.2, -0.15) is 35.0 Å². The van der Waals surface area contributed by atoms with Crippen LogP contribution < -0.4 is 19.5 Å². The summed E-state index contributed by atoms with van der Waals surface area (Å²) in [5, 5.41) is 2.53. The second kappa shape index (κ2) is 8.43. The number of alkyl halides is 4. The van der Waals surface area contributed by atoms with E-state index in [1.165, 1.54) is 20.2 Å². The van der Waals surface area contributed by atoms with Gasteiger partial charge in [0.25, 0.3) is 10.2 Å². The van der Waals surface area contributed by atoms with Crippen molar-refractivity contribution in [3.05, 3.63) is 18.2 Å². The minimum absolute atomic E-state index is 0.0281. The summed E-state index contributed by atoms with van der Waals surface area (Å²) in [5.41, 5.74) is 0.0980. The van der Waals surface area contributed by atoms with Crippen LogP contribution in [0, 0.1) is 5.92 Å². The summed E-state index contributed by atoms with van der Waals surface area (Å²) in [6.45, 7) is 0. The smallest absolute Gasteiger partial charge is 0.421 e. The van der Waals surface area contributed by atoms with Gasteiger partial charge in [-0.1, -0.05) is 0 Å². The van der Waals surface area contributed by atoms with Crippen LogP contribution in [-0.2, 0) is 15.0 Å². The number of amides is 1. The highest BCUT2D eigenvalue weighted by atomic mass is 32.2. The molecule has 3 rings (SSSR count). The number of halogens is 4. The number of benzene rings is 1. The number of anilines is 1. The summed E-state index contributed by atoms with van der Waals surface area (Å²) in [5.74, 6) is -1.53. The Balaban J connectivity index is 1.52. The Bertz CT molecular complexity index is 934. The maximum Gasteiger partial charge on any atom is 0.507 e. The third-order valence-corrected chi connectivity index (χ3v) is 6.75. The fourth-order valence-corrected chi connectivity index (χ4v) is 4.29. The van der Waals surface area contributed by atoms with E-state index in [2.05, 4.69) is 19.5 Å². The molecule has 1 aliphatic heterocycles.